The van der Waals surface area contributed by atoms with Gasteiger partial charge in [0.05, 0.1) is 19.1 Å². The van der Waals surface area contributed by atoms with Crippen molar-refractivity contribution in [1.82, 2.24) is 10.2 Å². The molecule has 2 aromatic carbocycles. The van der Waals surface area contributed by atoms with E-state index in [1.54, 1.807) is 56.3 Å². The smallest absolute Gasteiger partial charge is 0.242 e. The van der Waals surface area contributed by atoms with Crippen molar-refractivity contribution in [3.8, 4) is 5.75 Å². The fourth-order valence-electron chi connectivity index (χ4n) is 3.51. The number of sulfonamides is 1. The second-order valence-electron chi connectivity index (χ2n) is 7.97. The van der Waals surface area contributed by atoms with Crippen LogP contribution in [-0.2, 0) is 26.2 Å². The molecule has 0 unspecified atom stereocenters. The summed E-state index contributed by atoms with van der Waals surface area (Å²) in [4.78, 5) is 27.2. The maximum atomic E-state index is 13.2. The first-order valence-electron chi connectivity index (χ1n) is 11.1. The number of rotatable bonds is 12. The van der Waals surface area contributed by atoms with Crippen molar-refractivity contribution < 1.29 is 22.7 Å². The second kappa shape index (κ2) is 13.0. The number of amides is 2. The van der Waals surface area contributed by atoms with Crippen LogP contribution in [0.5, 0.6) is 5.75 Å². The number of carbonyl (C=O) groups is 2. The highest BCUT2D eigenvalue weighted by atomic mass is 35.5. The number of carbonyl (C=O) groups excluding carboxylic acids is 2. The van der Waals surface area contributed by atoms with Gasteiger partial charge < -0.3 is 15.0 Å². The predicted octanol–water partition coefficient (Wildman–Crippen LogP) is 4.10. The van der Waals surface area contributed by atoms with Crippen molar-refractivity contribution in [2.75, 3.05) is 30.8 Å². The van der Waals surface area contributed by atoms with E-state index in [1.807, 2.05) is 0 Å². The van der Waals surface area contributed by atoms with E-state index in [1.165, 1.54) is 16.3 Å². The molecular formula is C24H31Cl2N3O5S. The van der Waals surface area contributed by atoms with Crippen LogP contribution in [0.3, 0.4) is 0 Å². The maximum Gasteiger partial charge on any atom is 0.242 e. The average molecular weight is 545 g/mol. The van der Waals surface area contributed by atoms with Gasteiger partial charge in [-0.2, -0.15) is 0 Å². The lowest BCUT2D eigenvalue weighted by molar-refractivity contribution is -0.140. The Hall–Kier alpha value is -2.49. The molecule has 2 amide bonds. The SMILES string of the molecule is CCNC(=O)[C@H](C)N(Cc1ccc(Cl)cc1Cl)C(=O)CCCN(c1cccc(OC)c1)S(C)(=O)=O. The zero-order valence-electron chi connectivity index (χ0n) is 20.3. The quantitative estimate of drug-likeness (QED) is 0.434. The van der Waals surface area contributed by atoms with Crippen LogP contribution in [0.25, 0.3) is 0 Å². The van der Waals surface area contributed by atoms with E-state index < -0.39 is 16.1 Å². The van der Waals surface area contributed by atoms with Gasteiger partial charge in [-0.05, 0) is 50.1 Å². The number of nitrogens with one attached hydrogen (secondary N) is 1. The molecule has 0 saturated heterocycles. The molecule has 11 heteroatoms. The number of benzene rings is 2. The molecular weight excluding hydrogens is 513 g/mol. The summed E-state index contributed by atoms with van der Waals surface area (Å²) in [5, 5.41) is 3.58. The Labute approximate surface area is 217 Å². The van der Waals surface area contributed by atoms with Gasteiger partial charge in [-0.25, -0.2) is 8.42 Å². The van der Waals surface area contributed by atoms with E-state index in [0.717, 1.165) is 6.26 Å². The third kappa shape index (κ3) is 8.30. The first kappa shape index (κ1) is 28.7. The first-order valence-corrected chi connectivity index (χ1v) is 13.7. The predicted molar refractivity (Wildman–Crippen MR) is 140 cm³/mol. The minimum Gasteiger partial charge on any atom is -0.497 e. The summed E-state index contributed by atoms with van der Waals surface area (Å²) >= 11 is 12.3. The Bertz CT molecular complexity index is 1140. The molecule has 192 valence electrons. The van der Waals surface area contributed by atoms with Crippen molar-refractivity contribution in [2.45, 2.75) is 39.3 Å². The van der Waals surface area contributed by atoms with Crippen LogP contribution in [0.15, 0.2) is 42.5 Å². The van der Waals surface area contributed by atoms with Gasteiger partial charge >= 0.3 is 0 Å². The highest BCUT2D eigenvalue weighted by Crippen LogP contribution is 2.25. The number of hydrogen-bond donors (Lipinski definition) is 1. The van der Waals surface area contributed by atoms with Crippen molar-refractivity contribution >= 4 is 50.7 Å². The number of anilines is 1. The van der Waals surface area contributed by atoms with Crippen LogP contribution in [0, 0.1) is 0 Å². The van der Waals surface area contributed by atoms with Gasteiger partial charge in [0.15, 0.2) is 0 Å². The standard InChI is InChI=1S/C24H31Cl2N3O5S/c1-5-27-24(31)17(2)28(16-18-11-12-19(25)14-22(18)26)23(30)10-7-13-29(35(4,32)33)20-8-6-9-21(15-20)34-3/h6,8-9,11-12,14-15,17H,5,7,10,13,16H2,1-4H3,(H,27,31)/t17-/m0/s1. The summed E-state index contributed by atoms with van der Waals surface area (Å²) in [5.41, 5.74) is 1.09. The molecule has 0 aliphatic carbocycles. The monoisotopic (exact) mass is 543 g/mol. The average Bonchev–Trinajstić information content (AvgIpc) is 2.80. The topological polar surface area (TPSA) is 96.0 Å². The molecule has 1 N–H and O–H groups in total. The molecule has 0 saturated carbocycles. The summed E-state index contributed by atoms with van der Waals surface area (Å²) in [6.45, 7) is 4.06. The molecule has 35 heavy (non-hydrogen) atoms. The molecule has 1 atom stereocenters. The minimum absolute atomic E-state index is 0.0327. The Morgan fingerprint density at radius 1 is 1.14 bits per heavy atom. The lowest BCUT2D eigenvalue weighted by atomic mass is 10.1. The molecule has 2 rings (SSSR count). The van der Waals surface area contributed by atoms with Gasteiger partial charge in [-0.1, -0.05) is 35.3 Å². The molecule has 0 aliphatic heterocycles. The van der Waals surface area contributed by atoms with Crippen molar-refractivity contribution in [3.05, 3.63) is 58.1 Å². The Morgan fingerprint density at radius 2 is 1.86 bits per heavy atom. The molecule has 0 aromatic heterocycles. The number of likely N-dealkylation sites (N-methyl/N-ethyl adjacent to an activating group) is 1. The van der Waals surface area contributed by atoms with E-state index in [9.17, 15) is 18.0 Å². The molecule has 0 radical (unpaired) electrons. The minimum atomic E-state index is -3.60. The zero-order chi connectivity index (χ0) is 26.2. The summed E-state index contributed by atoms with van der Waals surface area (Å²) in [5.74, 6) is -0.0667. The lowest BCUT2D eigenvalue weighted by Gasteiger charge is -2.29. The molecule has 0 bridgehead atoms. The normalized spacial score (nSPS) is 12.1. The van der Waals surface area contributed by atoms with Crippen LogP contribution in [-0.4, -0.2) is 57.6 Å². The number of nitrogens with zero attached hydrogens (tertiary/aromatic N) is 2. The van der Waals surface area contributed by atoms with E-state index in [4.69, 9.17) is 27.9 Å². The largest absolute Gasteiger partial charge is 0.497 e. The highest BCUT2D eigenvalue weighted by Gasteiger charge is 2.27. The van der Waals surface area contributed by atoms with Gasteiger partial charge in [0.2, 0.25) is 21.8 Å². The van der Waals surface area contributed by atoms with Gasteiger partial charge in [-0.3, -0.25) is 13.9 Å². The fourth-order valence-corrected chi connectivity index (χ4v) is 4.93. The van der Waals surface area contributed by atoms with Gasteiger partial charge in [0.1, 0.15) is 11.8 Å². The van der Waals surface area contributed by atoms with Crippen molar-refractivity contribution in [3.63, 3.8) is 0 Å². The van der Waals surface area contributed by atoms with Gasteiger partial charge in [-0.15, -0.1) is 0 Å². The maximum absolute atomic E-state index is 13.2. The number of methoxy groups -OCH3 is 1. The Morgan fingerprint density at radius 3 is 2.46 bits per heavy atom. The summed E-state index contributed by atoms with van der Waals surface area (Å²) in [6, 6.07) is 10.9. The Balaban J connectivity index is 2.20. The van der Waals surface area contributed by atoms with Gasteiger partial charge in [0, 0.05) is 42.2 Å². The summed E-state index contributed by atoms with van der Waals surface area (Å²) in [7, 11) is -2.10. The highest BCUT2D eigenvalue weighted by molar-refractivity contribution is 7.92. The van der Waals surface area contributed by atoms with Crippen LogP contribution < -0.4 is 14.4 Å². The third-order valence-electron chi connectivity index (χ3n) is 5.37. The summed E-state index contributed by atoms with van der Waals surface area (Å²) < 4.78 is 31.3. The molecule has 8 nitrogen and oxygen atoms in total. The lowest BCUT2D eigenvalue weighted by Crippen LogP contribution is -2.47. The second-order valence-corrected chi connectivity index (χ2v) is 10.7. The van der Waals surface area contributed by atoms with E-state index in [-0.39, 0.29) is 37.7 Å². The number of ether oxygens (including phenoxy) is 1. The zero-order valence-corrected chi connectivity index (χ0v) is 22.6. The molecule has 0 aliphatic rings. The van der Waals surface area contributed by atoms with Crippen LogP contribution in [0.1, 0.15) is 32.3 Å². The van der Waals surface area contributed by atoms with Crippen LogP contribution in [0.4, 0.5) is 5.69 Å². The molecule has 0 heterocycles. The van der Waals surface area contributed by atoms with Gasteiger partial charge in [0.25, 0.3) is 0 Å². The number of hydrogen-bond acceptors (Lipinski definition) is 5. The van der Waals surface area contributed by atoms with E-state index >= 15 is 0 Å². The van der Waals surface area contributed by atoms with E-state index in [0.29, 0.717) is 33.6 Å². The van der Waals surface area contributed by atoms with Crippen molar-refractivity contribution in [1.29, 1.82) is 0 Å². The number of halogens is 2. The molecule has 0 fully saturated rings. The summed E-state index contributed by atoms with van der Waals surface area (Å²) in [6.07, 6.45) is 1.39. The third-order valence-corrected chi connectivity index (χ3v) is 7.15. The van der Waals surface area contributed by atoms with Crippen LogP contribution >= 0.6 is 23.2 Å². The van der Waals surface area contributed by atoms with Crippen LogP contribution in [0.2, 0.25) is 10.0 Å². The van der Waals surface area contributed by atoms with Crippen molar-refractivity contribution in [2.24, 2.45) is 0 Å². The molecule has 2 aromatic rings. The molecule has 0 spiro atoms. The van der Waals surface area contributed by atoms with E-state index in [2.05, 4.69) is 5.32 Å². The fraction of sp³-hybridized carbons (Fsp3) is 0.417. The Kier molecular flexibility index (Phi) is 10.7. The first-order chi connectivity index (χ1) is 16.5.